The van der Waals surface area contributed by atoms with Gasteiger partial charge in [0.05, 0.1) is 21.7 Å². The van der Waals surface area contributed by atoms with Gasteiger partial charge in [0.1, 0.15) is 34.8 Å². The first-order valence-electron chi connectivity index (χ1n) is 14.4. The van der Waals surface area contributed by atoms with Crippen molar-refractivity contribution in [2.45, 2.75) is 46.3 Å². The average Bonchev–Trinajstić information content (AvgIpc) is 3.54. The van der Waals surface area contributed by atoms with Crippen LogP contribution >= 0.6 is 11.6 Å². The number of carbonyl (C=O) groups excluding carboxylic acids is 2. The molecular weight excluding hydrogens is 600 g/mol. The molecule has 0 aliphatic heterocycles. The number of fused-ring (bicyclic) bond motifs is 2. The summed E-state index contributed by atoms with van der Waals surface area (Å²) in [4.78, 5) is 30.4. The Hall–Kier alpha value is -4.38. The van der Waals surface area contributed by atoms with Gasteiger partial charge in [-0.15, -0.1) is 0 Å². The fourth-order valence-corrected chi connectivity index (χ4v) is 5.72. The van der Waals surface area contributed by atoms with E-state index in [-0.39, 0.29) is 16.8 Å². The van der Waals surface area contributed by atoms with Crippen molar-refractivity contribution in [1.82, 2.24) is 19.3 Å². The number of ketones is 1. The first-order valence-corrected chi connectivity index (χ1v) is 14.8. The molecule has 0 aliphatic rings. The number of imidazole rings is 1. The Bertz CT molecular complexity index is 1980. The minimum Gasteiger partial charge on any atom is -0.385 e. The summed E-state index contributed by atoms with van der Waals surface area (Å²) in [6.07, 6.45) is 3.63. The number of rotatable bonds is 8. The van der Waals surface area contributed by atoms with Gasteiger partial charge >= 0.3 is 0 Å². The number of hydrogen-bond donors (Lipinski definition) is 3. The molecule has 0 saturated carbocycles. The van der Waals surface area contributed by atoms with Gasteiger partial charge in [0.25, 0.3) is 0 Å². The highest BCUT2D eigenvalue weighted by Gasteiger charge is 2.23. The van der Waals surface area contributed by atoms with Crippen LogP contribution in [0.5, 0.6) is 0 Å². The molecule has 234 valence electrons. The second-order valence-corrected chi connectivity index (χ2v) is 12.4. The fourth-order valence-electron chi connectivity index (χ4n) is 5.33. The van der Waals surface area contributed by atoms with E-state index in [2.05, 4.69) is 15.6 Å². The van der Waals surface area contributed by atoms with E-state index < -0.39 is 35.1 Å². The fraction of sp³-hybridized carbons (Fsp3) is 0.265. The van der Waals surface area contributed by atoms with Crippen LogP contribution in [0.2, 0.25) is 5.02 Å². The van der Waals surface area contributed by atoms with Crippen LogP contribution in [0.3, 0.4) is 0 Å². The van der Waals surface area contributed by atoms with Crippen LogP contribution in [-0.2, 0) is 11.8 Å². The minimum absolute atomic E-state index is 0.154. The van der Waals surface area contributed by atoms with Gasteiger partial charge in [0.15, 0.2) is 0 Å². The predicted octanol–water partition coefficient (Wildman–Crippen LogP) is 6.90. The lowest BCUT2D eigenvalue weighted by atomic mass is 9.99. The molecule has 0 radical (unpaired) electrons. The van der Waals surface area contributed by atoms with Crippen molar-refractivity contribution >= 4 is 45.5 Å². The van der Waals surface area contributed by atoms with E-state index in [1.807, 2.05) is 46.9 Å². The Labute approximate surface area is 264 Å². The standard InChI is InChI=1S/C34H34ClF2N5O3/c1-18-15-26-31(40-33(19(2)43)41(26)6)29(35)28(18)21-9-8-14-42-24(21)11-12-25(42)32(45)20-16-22(36)30(23(37)17-20)39-27(44)10-7-13-38-34(3,4)5/h7-12,14-17,19,38,43H,13H2,1-6H3,(H,39,44)/b10-7+/t19-/m1/s1. The molecule has 5 aromatic rings. The Morgan fingerprint density at radius 3 is 2.44 bits per heavy atom. The maximum atomic E-state index is 15.0. The third-order valence-corrected chi connectivity index (χ3v) is 7.86. The smallest absolute Gasteiger partial charge is 0.248 e. The number of aliphatic hydroxyl groups is 1. The van der Waals surface area contributed by atoms with Crippen LogP contribution in [0, 0.1) is 18.6 Å². The number of benzene rings is 2. The molecule has 0 bridgehead atoms. The molecule has 3 N–H and O–H groups in total. The van der Waals surface area contributed by atoms with Gasteiger partial charge in [-0.25, -0.2) is 13.8 Å². The van der Waals surface area contributed by atoms with Crippen LogP contribution < -0.4 is 10.6 Å². The summed E-state index contributed by atoms with van der Waals surface area (Å²) in [5.74, 6) is -2.98. The zero-order valence-corrected chi connectivity index (χ0v) is 26.6. The molecule has 0 fully saturated rings. The van der Waals surface area contributed by atoms with E-state index in [9.17, 15) is 14.7 Å². The van der Waals surface area contributed by atoms with Crippen molar-refractivity contribution in [3.05, 3.63) is 100 Å². The molecule has 0 saturated heterocycles. The summed E-state index contributed by atoms with van der Waals surface area (Å²) in [6, 6.07) is 10.7. The third kappa shape index (κ3) is 6.26. The Balaban J connectivity index is 1.46. The van der Waals surface area contributed by atoms with Crippen molar-refractivity contribution in [3.8, 4) is 11.1 Å². The van der Waals surface area contributed by atoms with Crippen LogP contribution in [0.25, 0.3) is 27.7 Å². The van der Waals surface area contributed by atoms with Gasteiger partial charge in [-0.1, -0.05) is 23.7 Å². The molecule has 1 amide bonds. The van der Waals surface area contributed by atoms with Crippen molar-refractivity contribution in [1.29, 1.82) is 0 Å². The number of nitrogens with one attached hydrogen (secondary N) is 2. The molecule has 3 aromatic heterocycles. The zero-order chi connectivity index (χ0) is 32.8. The van der Waals surface area contributed by atoms with Gasteiger partial charge < -0.3 is 24.7 Å². The van der Waals surface area contributed by atoms with Crippen molar-refractivity contribution < 1.29 is 23.5 Å². The molecule has 11 heteroatoms. The van der Waals surface area contributed by atoms with E-state index in [1.54, 1.807) is 46.4 Å². The molecule has 2 aromatic carbocycles. The number of aromatic nitrogens is 3. The van der Waals surface area contributed by atoms with Crippen LogP contribution in [0.1, 0.15) is 61.2 Å². The highest BCUT2D eigenvalue weighted by atomic mass is 35.5. The number of carbonyl (C=O) groups is 2. The summed E-state index contributed by atoms with van der Waals surface area (Å²) in [5.41, 5.74) is 3.43. The van der Waals surface area contributed by atoms with E-state index in [0.717, 1.165) is 28.8 Å². The van der Waals surface area contributed by atoms with Gasteiger partial charge in [-0.05, 0) is 76.6 Å². The molecule has 0 spiro atoms. The highest BCUT2D eigenvalue weighted by Crippen LogP contribution is 2.40. The maximum absolute atomic E-state index is 15.0. The molecule has 0 aliphatic carbocycles. The monoisotopic (exact) mass is 633 g/mol. The SMILES string of the molecule is Cc1cc2c(nc([C@@H](C)O)n2C)c(Cl)c1-c1cccn2c(C(=O)c3cc(F)c(NC(=O)/C=C/CNC(C)(C)C)c(F)c3)ccc12. The summed E-state index contributed by atoms with van der Waals surface area (Å²) in [5, 5.41) is 15.9. The number of amides is 1. The quantitative estimate of drug-likeness (QED) is 0.128. The lowest BCUT2D eigenvalue weighted by molar-refractivity contribution is -0.112. The summed E-state index contributed by atoms with van der Waals surface area (Å²) in [6.45, 7) is 9.86. The summed E-state index contributed by atoms with van der Waals surface area (Å²) < 4.78 is 33.5. The molecule has 3 heterocycles. The number of anilines is 1. The van der Waals surface area contributed by atoms with Crippen molar-refractivity contribution in [3.63, 3.8) is 0 Å². The van der Waals surface area contributed by atoms with E-state index in [0.29, 0.717) is 34.0 Å². The first kappa shape index (κ1) is 32.0. The van der Waals surface area contributed by atoms with Crippen molar-refractivity contribution in [2.24, 2.45) is 7.05 Å². The molecular formula is C34H34ClF2N5O3. The number of aliphatic hydroxyl groups excluding tert-OH is 1. The molecule has 45 heavy (non-hydrogen) atoms. The summed E-state index contributed by atoms with van der Waals surface area (Å²) in [7, 11) is 1.81. The first-order chi connectivity index (χ1) is 21.2. The van der Waals surface area contributed by atoms with E-state index in [1.165, 1.54) is 6.08 Å². The number of pyridine rings is 1. The zero-order valence-electron chi connectivity index (χ0n) is 25.8. The number of hydrogen-bond acceptors (Lipinski definition) is 5. The third-order valence-electron chi connectivity index (χ3n) is 7.49. The van der Waals surface area contributed by atoms with Crippen LogP contribution in [-0.4, -0.2) is 42.8 Å². The molecule has 1 atom stereocenters. The molecule has 0 unspecified atom stereocenters. The van der Waals surface area contributed by atoms with Crippen LogP contribution in [0.15, 0.2) is 60.8 Å². The van der Waals surface area contributed by atoms with Gasteiger partial charge in [-0.2, -0.15) is 0 Å². The van der Waals surface area contributed by atoms with E-state index in [4.69, 9.17) is 11.6 Å². The number of nitrogens with zero attached hydrogens (tertiary/aromatic N) is 3. The number of aryl methyl sites for hydroxylation is 2. The normalized spacial score (nSPS) is 12.8. The van der Waals surface area contributed by atoms with E-state index >= 15 is 8.78 Å². The largest absolute Gasteiger partial charge is 0.385 e. The molecule has 5 rings (SSSR count). The van der Waals surface area contributed by atoms with Crippen molar-refractivity contribution in [2.75, 3.05) is 11.9 Å². The second-order valence-electron chi connectivity index (χ2n) is 12.0. The topological polar surface area (TPSA) is 101 Å². The predicted molar refractivity (Wildman–Crippen MR) is 173 cm³/mol. The Kier molecular flexibility index (Phi) is 8.68. The second kappa shape index (κ2) is 12.2. The number of halogens is 3. The maximum Gasteiger partial charge on any atom is 0.248 e. The highest BCUT2D eigenvalue weighted by molar-refractivity contribution is 6.38. The minimum atomic E-state index is -1.07. The summed E-state index contributed by atoms with van der Waals surface area (Å²) >= 11 is 6.92. The Morgan fingerprint density at radius 2 is 1.80 bits per heavy atom. The van der Waals surface area contributed by atoms with Crippen LogP contribution in [0.4, 0.5) is 14.5 Å². The molecule has 8 nitrogen and oxygen atoms in total. The lowest BCUT2D eigenvalue weighted by Gasteiger charge is -2.18. The average molecular weight is 634 g/mol. The van der Waals surface area contributed by atoms with Gasteiger partial charge in [-0.3, -0.25) is 9.59 Å². The van der Waals surface area contributed by atoms with Gasteiger partial charge in [0, 0.05) is 48.1 Å². The lowest BCUT2D eigenvalue weighted by Crippen LogP contribution is -2.35. The van der Waals surface area contributed by atoms with Gasteiger partial charge in [0.2, 0.25) is 11.7 Å². The Morgan fingerprint density at radius 1 is 1.11 bits per heavy atom.